The molecule has 0 fully saturated rings. The van der Waals surface area contributed by atoms with E-state index in [9.17, 15) is 23.1 Å². The average Bonchev–Trinajstić information content (AvgIpc) is 2.89. The first-order valence-electron chi connectivity index (χ1n) is 7.62. The standard InChI is InChI=1S/C16H18F3N3O4/c1-9-14(10(2)26-22-9)21-15(24)20-7-12(23)8-25-13-5-3-4-11(6-13)16(17,18)19/h3-6,12,23H,7-8H2,1-2H3,(H2,20,21,24). The highest BCUT2D eigenvalue weighted by molar-refractivity contribution is 5.90. The number of halogens is 3. The van der Waals surface area contributed by atoms with E-state index >= 15 is 0 Å². The molecule has 7 nitrogen and oxygen atoms in total. The molecule has 0 aliphatic carbocycles. The number of hydrogen-bond acceptors (Lipinski definition) is 5. The third kappa shape index (κ3) is 5.38. The van der Waals surface area contributed by atoms with Gasteiger partial charge in [0.2, 0.25) is 0 Å². The van der Waals surface area contributed by atoms with Crippen LogP contribution in [-0.2, 0) is 6.18 Å². The maximum atomic E-state index is 12.6. The molecule has 3 N–H and O–H groups in total. The molecule has 2 rings (SSSR count). The van der Waals surface area contributed by atoms with E-state index in [0.717, 1.165) is 12.1 Å². The zero-order valence-electron chi connectivity index (χ0n) is 14.1. The molecule has 0 aliphatic rings. The lowest BCUT2D eigenvalue weighted by Gasteiger charge is -2.14. The second-order valence-corrected chi connectivity index (χ2v) is 5.52. The summed E-state index contributed by atoms with van der Waals surface area (Å²) in [5.74, 6) is 0.408. The highest BCUT2D eigenvalue weighted by Gasteiger charge is 2.30. The fraction of sp³-hybridized carbons (Fsp3) is 0.375. The highest BCUT2D eigenvalue weighted by Crippen LogP contribution is 2.31. The van der Waals surface area contributed by atoms with Gasteiger partial charge in [-0.25, -0.2) is 4.79 Å². The summed E-state index contributed by atoms with van der Waals surface area (Å²) in [7, 11) is 0. The van der Waals surface area contributed by atoms with Gasteiger partial charge in [-0.3, -0.25) is 0 Å². The summed E-state index contributed by atoms with van der Waals surface area (Å²) in [6.07, 6.45) is -5.59. The smallest absolute Gasteiger partial charge is 0.416 e. The van der Waals surface area contributed by atoms with E-state index in [4.69, 9.17) is 9.26 Å². The molecule has 0 saturated heterocycles. The summed E-state index contributed by atoms with van der Waals surface area (Å²) in [4.78, 5) is 11.8. The molecule has 0 aliphatic heterocycles. The Morgan fingerprint density at radius 3 is 2.73 bits per heavy atom. The second-order valence-electron chi connectivity index (χ2n) is 5.52. The molecule has 142 valence electrons. The quantitative estimate of drug-likeness (QED) is 0.724. The Morgan fingerprint density at radius 2 is 2.12 bits per heavy atom. The fourth-order valence-electron chi connectivity index (χ4n) is 2.04. The van der Waals surface area contributed by atoms with Gasteiger partial charge in [0, 0.05) is 6.54 Å². The van der Waals surface area contributed by atoms with Crippen LogP contribution in [0.5, 0.6) is 5.75 Å². The van der Waals surface area contributed by atoms with Crippen LogP contribution in [0.2, 0.25) is 0 Å². The minimum Gasteiger partial charge on any atom is -0.491 e. The number of amides is 2. The third-order valence-electron chi connectivity index (χ3n) is 3.37. The molecule has 26 heavy (non-hydrogen) atoms. The summed E-state index contributed by atoms with van der Waals surface area (Å²) >= 11 is 0. The predicted molar refractivity (Wildman–Crippen MR) is 85.9 cm³/mol. The lowest BCUT2D eigenvalue weighted by Crippen LogP contribution is -2.37. The van der Waals surface area contributed by atoms with Gasteiger partial charge >= 0.3 is 12.2 Å². The van der Waals surface area contributed by atoms with Gasteiger partial charge in [-0.05, 0) is 32.0 Å². The molecule has 10 heteroatoms. The number of alkyl halides is 3. The topological polar surface area (TPSA) is 96.6 Å². The number of nitrogens with zero attached hydrogens (tertiary/aromatic N) is 1. The molecule has 1 unspecified atom stereocenters. The van der Waals surface area contributed by atoms with Crippen molar-refractivity contribution < 1.29 is 32.3 Å². The van der Waals surface area contributed by atoms with Gasteiger partial charge in [0.1, 0.15) is 29.8 Å². The number of benzene rings is 1. The van der Waals surface area contributed by atoms with Crippen molar-refractivity contribution in [1.29, 1.82) is 0 Å². The third-order valence-corrected chi connectivity index (χ3v) is 3.37. The lowest BCUT2D eigenvalue weighted by atomic mass is 10.2. The number of aliphatic hydroxyl groups excluding tert-OH is 1. The molecule has 0 spiro atoms. The van der Waals surface area contributed by atoms with Crippen LogP contribution >= 0.6 is 0 Å². The van der Waals surface area contributed by atoms with Gasteiger partial charge in [-0.2, -0.15) is 13.2 Å². The van der Waals surface area contributed by atoms with Gasteiger partial charge in [-0.15, -0.1) is 0 Å². The SMILES string of the molecule is Cc1noc(C)c1NC(=O)NCC(O)COc1cccc(C(F)(F)F)c1. The fourth-order valence-corrected chi connectivity index (χ4v) is 2.04. The Hall–Kier alpha value is -2.75. The van der Waals surface area contributed by atoms with Crippen molar-refractivity contribution in [3.05, 3.63) is 41.3 Å². The monoisotopic (exact) mass is 373 g/mol. The molecular formula is C16H18F3N3O4. The molecule has 1 aromatic carbocycles. The van der Waals surface area contributed by atoms with Gasteiger partial charge in [0.25, 0.3) is 0 Å². The van der Waals surface area contributed by atoms with Crippen LogP contribution in [0.4, 0.5) is 23.7 Å². The summed E-state index contributed by atoms with van der Waals surface area (Å²) < 4.78 is 47.9. The van der Waals surface area contributed by atoms with Crippen LogP contribution in [0.25, 0.3) is 0 Å². The van der Waals surface area contributed by atoms with Crippen molar-refractivity contribution in [3.63, 3.8) is 0 Å². The molecule has 0 radical (unpaired) electrons. The number of nitrogens with one attached hydrogen (secondary N) is 2. The van der Waals surface area contributed by atoms with Crippen LogP contribution in [0.15, 0.2) is 28.8 Å². The minimum atomic E-state index is -4.48. The summed E-state index contributed by atoms with van der Waals surface area (Å²) in [5, 5.41) is 18.4. The van der Waals surface area contributed by atoms with Gasteiger partial charge in [0.05, 0.1) is 5.56 Å². The van der Waals surface area contributed by atoms with Gasteiger partial charge < -0.3 is 25.0 Å². The van der Waals surface area contributed by atoms with E-state index in [1.54, 1.807) is 13.8 Å². The van der Waals surface area contributed by atoms with E-state index in [1.807, 2.05) is 0 Å². The number of carbonyl (C=O) groups excluding carboxylic acids is 1. The molecular weight excluding hydrogens is 355 g/mol. The average molecular weight is 373 g/mol. The molecule has 1 atom stereocenters. The maximum Gasteiger partial charge on any atom is 0.416 e. The molecule has 2 aromatic rings. The van der Waals surface area contributed by atoms with Crippen LogP contribution in [0.3, 0.4) is 0 Å². The number of urea groups is 1. The summed E-state index contributed by atoms with van der Waals surface area (Å²) in [5.41, 5.74) is 0.0877. The first-order valence-corrected chi connectivity index (χ1v) is 7.62. The van der Waals surface area contributed by atoms with Crippen LogP contribution in [0, 0.1) is 13.8 Å². The number of aliphatic hydroxyl groups is 1. The zero-order chi connectivity index (χ0) is 19.3. The number of carbonyl (C=O) groups is 1. The van der Waals surface area contributed by atoms with E-state index in [2.05, 4.69) is 15.8 Å². The van der Waals surface area contributed by atoms with E-state index in [1.165, 1.54) is 12.1 Å². The Morgan fingerprint density at radius 1 is 1.38 bits per heavy atom. The number of ether oxygens (including phenoxy) is 1. The highest BCUT2D eigenvalue weighted by atomic mass is 19.4. The Labute approximate surface area is 147 Å². The number of anilines is 1. The van der Waals surface area contributed by atoms with E-state index < -0.39 is 23.9 Å². The van der Waals surface area contributed by atoms with Crippen molar-refractivity contribution in [2.45, 2.75) is 26.1 Å². The van der Waals surface area contributed by atoms with Gasteiger partial charge in [-0.1, -0.05) is 11.2 Å². The molecule has 2 amide bonds. The number of aromatic nitrogens is 1. The van der Waals surface area contributed by atoms with Crippen molar-refractivity contribution in [2.24, 2.45) is 0 Å². The summed E-state index contributed by atoms with van der Waals surface area (Å²) in [6.45, 7) is 2.85. The van der Waals surface area contributed by atoms with Crippen molar-refractivity contribution in [2.75, 3.05) is 18.5 Å². The molecule has 0 saturated carbocycles. The zero-order valence-corrected chi connectivity index (χ0v) is 14.1. The Bertz CT molecular complexity index is 742. The number of aryl methyl sites for hydroxylation is 2. The molecule has 1 aromatic heterocycles. The molecule has 1 heterocycles. The number of rotatable bonds is 6. The van der Waals surface area contributed by atoms with E-state index in [0.29, 0.717) is 17.1 Å². The molecule has 0 bridgehead atoms. The van der Waals surface area contributed by atoms with E-state index in [-0.39, 0.29) is 18.9 Å². The second kappa shape index (κ2) is 8.09. The normalized spacial score (nSPS) is 12.5. The van der Waals surface area contributed by atoms with Crippen LogP contribution in [-0.4, -0.2) is 35.5 Å². The first-order chi connectivity index (χ1) is 12.2. The van der Waals surface area contributed by atoms with Crippen LogP contribution in [0.1, 0.15) is 17.0 Å². The lowest BCUT2D eigenvalue weighted by molar-refractivity contribution is -0.137. The van der Waals surface area contributed by atoms with Crippen molar-refractivity contribution in [3.8, 4) is 5.75 Å². The van der Waals surface area contributed by atoms with Crippen LogP contribution < -0.4 is 15.4 Å². The van der Waals surface area contributed by atoms with Crippen molar-refractivity contribution in [1.82, 2.24) is 10.5 Å². The minimum absolute atomic E-state index is 0.0287. The Balaban J connectivity index is 1.79. The first kappa shape index (κ1) is 19.6. The van der Waals surface area contributed by atoms with Crippen molar-refractivity contribution >= 4 is 11.7 Å². The largest absolute Gasteiger partial charge is 0.491 e. The number of hydrogen-bond donors (Lipinski definition) is 3. The summed E-state index contributed by atoms with van der Waals surface area (Å²) in [6, 6.07) is 3.73. The van der Waals surface area contributed by atoms with Gasteiger partial charge in [0.15, 0.2) is 5.76 Å². The predicted octanol–water partition coefficient (Wildman–Crippen LogP) is 2.87. The maximum absolute atomic E-state index is 12.6. The Kier molecular flexibility index (Phi) is 6.09.